The number of fused-ring (bicyclic) bond motifs is 1. The molecule has 138 valence electrons. The van der Waals surface area contributed by atoms with Gasteiger partial charge < -0.3 is 10.2 Å². The van der Waals surface area contributed by atoms with Gasteiger partial charge in [0.2, 0.25) is 11.8 Å². The van der Waals surface area contributed by atoms with Crippen LogP contribution < -0.4 is 5.32 Å². The number of carbonyl (C=O) groups is 2. The lowest BCUT2D eigenvalue weighted by atomic mass is 10.0. The summed E-state index contributed by atoms with van der Waals surface area (Å²) in [4.78, 5) is 25.7. The molecule has 1 aliphatic heterocycles. The molecule has 0 radical (unpaired) electrons. The van der Waals surface area contributed by atoms with Crippen molar-refractivity contribution < 1.29 is 9.59 Å². The van der Waals surface area contributed by atoms with E-state index >= 15 is 0 Å². The van der Waals surface area contributed by atoms with E-state index in [1.54, 1.807) is 0 Å². The molecule has 2 heterocycles. The number of aryl methyl sites for hydroxylation is 1. The van der Waals surface area contributed by atoms with E-state index in [4.69, 9.17) is 5.10 Å². The van der Waals surface area contributed by atoms with Crippen LogP contribution in [0.1, 0.15) is 31.5 Å². The lowest BCUT2D eigenvalue weighted by Crippen LogP contribution is -2.39. The number of amides is 2. The Morgan fingerprint density at radius 3 is 2.58 bits per heavy atom. The van der Waals surface area contributed by atoms with Crippen molar-refractivity contribution in [1.29, 1.82) is 0 Å². The molecule has 0 saturated carbocycles. The molecule has 26 heavy (non-hydrogen) atoms. The first kappa shape index (κ1) is 18.2. The molecule has 0 spiro atoms. The summed E-state index contributed by atoms with van der Waals surface area (Å²) in [6, 6.07) is 10.0. The molecule has 6 nitrogen and oxygen atoms in total. The molecule has 1 N–H and O–H groups in total. The standard InChI is InChI=1S/C20H26N4O2/c1-14(21-15(2)25)13-19(26)24-11-9-17-18(10-12-24)23(3)22-20(17)16-7-5-4-6-8-16/h4-8,14H,9-13H2,1-3H3,(H,21,25). The third kappa shape index (κ3) is 3.95. The Balaban J connectivity index is 1.73. The van der Waals surface area contributed by atoms with Crippen LogP contribution in [0.5, 0.6) is 0 Å². The van der Waals surface area contributed by atoms with Gasteiger partial charge in [-0.05, 0) is 13.3 Å². The zero-order valence-electron chi connectivity index (χ0n) is 15.7. The van der Waals surface area contributed by atoms with Crippen molar-refractivity contribution >= 4 is 11.8 Å². The minimum atomic E-state index is -0.146. The fraction of sp³-hybridized carbons (Fsp3) is 0.450. The number of hydrogen-bond donors (Lipinski definition) is 1. The van der Waals surface area contributed by atoms with Crippen molar-refractivity contribution in [2.75, 3.05) is 13.1 Å². The van der Waals surface area contributed by atoms with E-state index in [1.807, 2.05) is 41.8 Å². The van der Waals surface area contributed by atoms with Crippen molar-refractivity contribution in [1.82, 2.24) is 20.0 Å². The van der Waals surface area contributed by atoms with Crippen LogP contribution in [0.25, 0.3) is 11.3 Å². The average Bonchev–Trinajstić information content (AvgIpc) is 2.78. The molecule has 1 aliphatic rings. The summed E-state index contributed by atoms with van der Waals surface area (Å²) in [6.45, 7) is 4.71. The second kappa shape index (κ2) is 7.72. The Morgan fingerprint density at radius 2 is 1.88 bits per heavy atom. The second-order valence-corrected chi connectivity index (χ2v) is 6.95. The summed E-state index contributed by atoms with van der Waals surface area (Å²) in [6.07, 6.45) is 1.93. The number of nitrogens with one attached hydrogen (secondary N) is 1. The fourth-order valence-corrected chi connectivity index (χ4v) is 3.64. The lowest BCUT2D eigenvalue weighted by Gasteiger charge is -2.22. The fourth-order valence-electron chi connectivity index (χ4n) is 3.64. The highest BCUT2D eigenvalue weighted by Crippen LogP contribution is 2.28. The van der Waals surface area contributed by atoms with Gasteiger partial charge in [-0.25, -0.2) is 0 Å². The van der Waals surface area contributed by atoms with Gasteiger partial charge in [-0.1, -0.05) is 30.3 Å². The molecule has 0 fully saturated rings. The Hall–Kier alpha value is -2.63. The average molecular weight is 354 g/mol. The SMILES string of the molecule is CC(=O)NC(C)CC(=O)N1CCc2c(-c3ccccc3)nn(C)c2CC1. The van der Waals surface area contributed by atoms with Gasteiger partial charge in [0, 0.05) is 62.8 Å². The third-order valence-corrected chi connectivity index (χ3v) is 4.86. The molecule has 1 atom stereocenters. The molecule has 1 aromatic heterocycles. The van der Waals surface area contributed by atoms with Crippen LogP contribution in [0.15, 0.2) is 30.3 Å². The Morgan fingerprint density at radius 1 is 1.19 bits per heavy atom. The van der Waals surface area contributed by atoms with Crippen molar-refractivity contribution in [2.45, 2.75) is 39.2 Å². The molecule has 2 aromatic rings. The van der Waals surface area contributed by atoms with E-state index in [1.165, 1.54) is 18.2 Å². The van der Waals surface area contributed by atoms with Gasteiger partial charge in [0.1, 0.15) is 0 Å². The Labute approximate surface area is 154 Å². The topological polar surface area (TPSA) is 67.2 Å². The molecule has 1 unspecified atom stereocenters. The molecule has 0 aliphatic carbocycles. The molecule has 1 aromatic carbocycles. The van der Waals surface area contributed by atoms with E-state index in [0.717, 1.165) is 24.1 Å². The smallest absolute Gasteiger partial charge is 0.224 e. The Kier molecular flexibility index (Phi) is 5.40. The molecule has 0 saturated heterocycles. The van der Waals surface area contributed by atoms with Crippen LogP contribution in [-0.4, -0.2) is 45.6 Å². The van der Waals surface area contributed by atoms with Crippen molar-refractivity contribution in [3.05, 3.63) is 41.6 Å². The van der Waals surface area contributed by atoms with Crippen LogP contribution in [0.2, 0.25) is 0 Å². The summed E-state index contributed by atoms with van der Waals surface area (Å²) in [5.74, 6) is -0.0135. The maximum atomic E-state index is 12.6. The number of hydrogen-bond acceptors (Lipinski definition) is 3. The predicted molar refractivity (Wildman–Crippen MR) is 101 cm³/mol. The molecular formula is C20H26N4O2. The number of nitrogens with zero attached hydrogens (tertiary/aromatic N) is 3. The second-order valence-electron chi connectivity index (χ2n) is 6.95. The monoisotopic (exact) mass is 354 g/mol. The molecule has 2 amide bonds. The van der Waals surface area contributed by atoms with Crippen LogP contribution >= 0.6 is 0 Å². The minimum Gasteiger partial charge on any atom is -0.353 e. The lowest BCUT2D eigenvalue weighted by molar-refractivity contribution is -0.131. The minimum absolute atomic E-state index is 0.0910. The quantitative estimate of drug-likeness (QED) is 0.912. The van der Waals surface area contributed by atoms with Crippen LogP contribution in [0, 0.1) is 0 Å². The van der Waals surface area contributed by atoms with E-state index < -0.39 is 0 Å². The summed E-state index contributed by atoms with van der Waals surface area (Å²) >= 11 is 0. The van der Waals surface area contributed by atoms with Crippen LogP contribution in [-0.2, 0) is 29.5 Å². The van der Waals surface area contributed by atoms with E-state index in [2.05, 4.69) is 17.4 Å². The van der Waals surface area contributed by atoms with E-state index in [9.17, 15) is 9.59 Å². The molecule has 3 rings (SSSR count). The maximum absolute atomic E-state index is 12.6. The highest BCUT2D eigenvalue weighted by molar-refractivity contribution is 5.79. The van der Waals surface area contributed by atoms with E-state index in [0.29, 0.717) is 19.5 Å². The number of aromatic nitrogens is 2. The van der Waals surface area contributed by atoms with Gasteiger partial charge in [-0.2, -0.15) is 5.10 Å². The van der Waals surface area contributed by atoms with Gasteiger partial charge in [0.25, 0.3) is 0 Å². The molecular weight excluding hydrogens is 328 g/mol. The first-order chi connectivity index (χ1) is 12.5. The van der Waals surface area contributed by atoms with Gasteiger partial charge >= 0.3 is 0 Å². The largest absolute Gasteiger partial charge is 0.353 e. The normalized spacial score (nSPS) is 15.1. The van der Waals surface area contributed by atoms with Crippen molar-refractivity contribution in [3.63, 3.8) is 0 Å². The third-order valence-electron chi connectivity index (χ3n) is 4.86. The summed E-state index contributed by atoms with van der Waals surface area (Å²) in [5, 5.41) is 7.50. The summed E-state index contributed by atoms with van der Waals surface area (Å²) in [7, 11) is 1.97. The molecule has 0 bridgehead atoms. The van der Waals surface area contributed by atoms with Crippen LogP contribution in [0.4, 0.5) is 0 Å². The van der Waals surface area contributed by atoms with Crippen molar-refractivity contribution in [3.8, 4) is 11.3 Å². The first-order valence-electron chi connectivity index (χ1n) is 9.10. The number of benzene rings is 1. The van der Waals surface area contributed by atoms with E-state index in [-0.39, 0.29) is 17.9 Å². The summed E-state index contributed by atoms with van der Waals surface area (Å²) in [5.41, 5.74) is 4.57. The van der Waals surface area contributed by atoms with Gasteiger partial charge in [-0.15, -0.1) is 0 Å². The van der Waals surface area contributed by atoms with Gasteiger partial charge in [-0.3, -0.25) is 14.3 Å². The predicted octanol–water partition coefficient (Wildman–Crippen LogP) is 1.93. The summed E-state index contributed by atoms with van der Waals surface area (Å²) < 4.78 is 1.95. The highest BCUT2D eigenvalue weighted by atomic mass is 16.2. The molecule has 6 heteroatoms. The van der Waals surface area contributed by atoms with Crippen molar-refractivity contribution in [2.24, 2.45) is 7.05 Å². The zero-order chi connectivity index (χ0) is 18.7. The number of rotatable bonds is 4. The highest BCUT2D eigenvalue weighted by Gasteiger charge is 2.25. The van der Waals surface area contributed by atoms with Crippen LogP contribution in [0.3, 0.4) is 0 Å². The maximum Gasteiger partial charge on any atom is 0.224 e. The van der Waals surface area contributed by atoms with Gasteiger partial charge in [0.15, 0.2) is 0 Å². The Bertz CT molecular complexity index is 798. The zero-order valence-corrected chi connectivity index (χ0v) is 15.7. The van der Waals surface area contributed by atoms with Gasteiger partial charge in [0.05, 0.1) is 5.69 Å². The first-order valence-corrected chi connectivity index (χ1v) is 9.10. The number of carbonyl (C=O) groups excluding carboxylic acids is 2.